The van der Waals surface area contributed by atoms with Gasteiger partial charge in [0, 0.05) is 0 Å². The van der Waals surface area contributed by atoms with Gasteiger partial charge in [-0.2, -0.15) is 0 Å². The molecule has 0 fully saturated rings. The molecule has 3 heteroatoms. The lowest BCUT2D eigenvalue weighted by Gasteiger charge is -2.07. The molecule has 0 aromatic heterocycles. The van der Waals surface area contributed by atoms with Gasteiger partial charge in [0.2, 0.25) is 0 Å². The van der Waals surface area contributed by atoms with E-state index in [-0.39, 0.29) is 12.2 Å². The van der Waals surface area contributed by atoms with Crippen molar-refractivity contribution in [2.45, 2.75) is 13.8 Å². The van der Waals surface area contributed by atoms with Gasteiger partial charge in [-0.05, 0) is 25.5 Å². The molecular formula is C11H11F2N. The van der Waals surface area contributed by atoms with Crippen molar-refractivity contribution >= 4 is 5.69 Å². The van der Waals surface area contributed by atoms with Gasteiger partial charge < -0.3 is 5.32 Å². The molecule has 0 saturated heterocycles. The minimum atomic E-state index is -0.592. The van der Waals surface area contributed by atoms with Crippen molar-refractivity contribution in [3.63, 3.8) is 0 Å². The van der Waals surface area contributed by atoms with Crippen molar-refractivity contribution in [1.29, 1.82) is 0 Å². The van der Waals surface area contributed by atoms with Crippen LogP contribution in [0.1, 0.15) is 12.5 Å². The average molecular weight is 195 g/mol. The van der Waals surface area contributed by atoms with Crippen LogP contribution in [0.3, 0.4) is 0 Å². The molecule has 14 heavy (non-hydrogen) atoms. The molecular weight excluding hydrogens is 184 g/mol. The third-order valence-electron chi connectivity index (χ3n) is 1.81. The van der Waals surface area contributed by atoms with E-state index in [0.717, 1.165) is 0 Å². The van der Waals surface area contributed by atoms with Gasteiger partial charge >= 0.3 is 0 Å². The number of benzene rings is 1. The largest absolute Gasteiger partial charge is 0.369 e. The van der Waals surface area contributed by atoms with E-state index in [1.807, 2.05) is 0 Å². The predicted molar refractivity (Wildman–Crippen MR) is 53.0 cm³/mol. The van der Waals surface area contributed by atoms with E-state index in [1.54, 1.807) is 13.8 Å². The molecule has 0 amide bonds. The SMILES string of the molecule is CC#CCNc1c(F)ccc(C)c1F. The van der Waals surface area contributed by atoms with Gasteiger partial charge in [0.1, 0.15) is 11.5 Å². The Morgan fingerprint density at radius 2 is 2.07 bits per heavy atom. The summed E-state index contributed by atoms with van der Waals surface area (Å²) in [4.78, 5) is 0. The molecule has 1 rings (SSSR count). The van der Waals surface area contributed by atoms with Crippen LogP contribution in [-0.2, 0) is 0 Å². The van der Waals surface area contributed by atoms with Crippen LogP contribution in [0.25, 0.3) is 0 Å². The van der Waals surface area contributed by atoms with E-state index in [2.05, 4.69) is 17.2 Å². The van der Waals surface area contributed by atoms with Crippen LogP contribution in [0.5, 0.6) is 0 Å². The lowest BCUT2D eigenvalue weighted by atomic mass is 10.2. The summed E-state index contributed by atoms with van der Waals surface area (Å²) in [6, 6.07) is 2.64. The van der Waals surface area contributed by atoms with Gasteiger partial charge in [-0.1, -0.05) is 12.0 Å². The Morgan fingerprint density at radius 3 is 2.71 bits per heavy atom. The Labute approximate surface area is 82.1 Å². The molecule has 0 spiro atoms. The van der Waals surface area contributed by atoms with Crippen LogP contribution >= 0.6 is 0 Å². The fourth-order valence-electron chi connectivity index (χ4n) is 1.04. The highest BCUT2D eigenvalue weighted by Gasteiger charge is 2.09. The van der Waals surface area contributed by atoms with Gasteiger partial charge in [0.15, 0.2) is 5.82 Å². The highest BCUT2D eigenvalue weighted by atomic mass is 19.1. The van der Waals surface area contributed by atoms with E-state index in [1.165, 1.54) is 12.1 Å². The zero-order valence-corrected chi connectivity index (χ0v) is 8.12. The first-order chi connectivity index (χ1) is 6.66. The fourth-order valence-corrected chi connectivity index (χ4v) is 1.04. The maximum atomic E-state index is 13.3. The second-order valence-corrected chi connectivity index (χ2v) is 2.83. The molecule has 1 aromatic rings. The van der Waals surface area contributed by atoms with Crippen LogP contribution in [-0.4, -0.2) is 6.54 Å². The highest BCUT2D eigenvalue weighted by Crippen LogP contribution is 2.20. The molecule has 1 aromatic carbocycles. The number of halogens is 2. The van der Waals surface area contributed by atoms with Crippen LogP contribution in [0.2, 0.25) is 0 Å². The third kappa shape index (κ3) is 2.23. The summed E-state index contributed by atoms with van der Waals surface area (Å²) in [5.41, 5.74) is 0.311. The molecule has 1 nitrogen and oxygen atoms in total. The van der Waals surface area contributed by atoms with E-state index in [0.29, 0.717) is 5.56 Å². The zero-order chi connectivity index (χ0) is 10.6. The maximum absolute atomic E-state index is 13.3. The molecule has 74 valence electrons. The third-order valence-corrected chi connectivity index (χ3v) is 1.81. The first kappa shape index (κ1) is 10.5. The molecule has 0 bridgehead atoms. The van der Waals surface area contributed by atoms with E-state index < -0.39 is 11.6 Å². The topological polar surface area (TPSA) is 12.0 Å². The number of hydrogen-bond acceptors (Lipinski definition) is 1. The Balaban J connectivity index is 2.92. The van der Waals surface area contributed by atoms with Crippen LogP contribution in [0, 0.1) is 30.4 Å². The second-order valence-electron chi connectivity index (χ2n) is 2.83. The first-order valence-corrected chi connectivity index (χ1v) is 4.25. The van der Waals surface area contributed by atoms with Crippen LogP contribution < -0.4 is 5.32 Å². The van der Waals surface area contributed by atoms with Gasteiger partial charge in [-0.3, -0.25) is 0 Å². The quantitative estimate of drug-likeness (QED) is 0.715. The molecule has 0 atom stereocenters. The van der Waals surface area contributed by atoms with Crippen LogP contribution in [0.4, 0.5) is 14.5 Å². The molecule has 0 unspecified atom stereocenters. The summed E-state index contributed by atoms with van der Waals surface area (Å²) >= 11 is 0. The van der Waals surface area contributed by atoms with Crippen molar-refractivity contribution in [2.24, 2.45) is 0 Å². The number of anilines is 1. The summed E-state index contributed by atoms with van der Waals surface area (Å²) in [7, 11) is 0. The van der Waals surface area contributed by atoms with Crippen molar-refractivity contribution in [1.82, 2.24) is 0 Å². The summed E-state index contributed by atoms with van der Waals surface area (Å²) in [5.74, 6) is 4.17. The number of rotatable bonds is 2. The Hall–Kier alpha value is -1.56. The molecule has 0 heterocycles. The Kier molecular flexibility index (Phi) is 3.47. The fraction of sp³-hybridized carbons (Fsp3) is 0.273. The number of hydrogen-bond donors (Lipinski definition) is 1. The minimum absolute atomic E-state index is 0.104. The van der Waals surface area contributed by atoms with Crippen molar-refractivity contribution in [3.05, 3.63) is 29.3 Å². The maximum Gasteiger partial charge on any atom is 0.152 e. The normalized spacial score (nSPS) is 9.14. The Bertz CT molecular complexity index is 388. The van der Waals surface area contributed by atoms with E-state index in [9.17, 15) is 8.78 Å². The monoisotopic (exact) mass is 195 g/mol. The van der Waals surface area contributed by atoms with E-state index >= 15 is 0 Å². The summed E-state index contributed by atoms with van der Waals surface area (Å²) in [5, 5.41) is 2.60. The van der Waals surface area contributed by atoms with Gasteiger partial charge in [0.25, 0.3) is 0 Å². The smallest absolute Gasteiger partial charge is 0.152 e. The van der Waals surface area contributed by atoms with Crippen molar-refractivity contribution in [3.8, 4) is 11.8 Å². The molecule has 1 N–H and O–H groups in total. The first-order valence-electron chi connectivity index (χ1n) is 4.25. The lowest BCUT2D eigenvalue weighted by Crippen LogP contribution is -2.04. The van der Waals surface area contributed by atoms with Crippen molar-refractivity contribution < 1.29 is 8.78 Å². The second kappa shape index (κ2) is 4.61. The number of aryl methyl sites for hydroxylation is 1. The summed E-state index contributed by atoms with van der Waals surface area (Å²) in [6.45, 7) is 3.50. The molecule has 0 aliphatic rings. The minimum Gasteiger partial charge on any atom is -0.369 e. The lowest BCUT2D eigenvalue weighted by molar-refractivity contribution is 0.583. The standard InChI is InChI=1S/C11H11F2N/c1-3-4-7-14-11-9(12)6-5-8(2)10(11)13/h5-6,14H,7H2,1-2H3. The average Bonchev–Trinajstić information content (AvgIpc) is 2.18. The van der Waals surface area contributed by atoms with Gasteiger partial charge in [-0.15, -0.1) is 5.92 Å². The molecule has 0 aliphatic heterocycles. The Morgan fingerprint density at radius 1 is 1.36 bits per heavy atom. The number of nitrogens with one attached hydrogen (secondary N) is 1. The van der Waals surface area contributed by atoms with Gasteiger partial charge in [-0.25, -0.2) is 8.78 Å². The molecule has 0 saturated carbocycles. The van der Waals surface area contributed by atoms with E-state index in [4.69, 9.17) is 0 Å². The summed E-state index contributed by atoms with van der Waals surface area (Å²) in [6.07, 6.45) is 0. The van der Waals surface area contributed by atoms with Gasteiger partial charge in [0.05, 0.1) is 6.54 Å². The molecule has 0 aliphatic carbocycles. The predicted octanol–water partition coefficient (Wildman–Crippen LogP) is 2.71. The highest BCUT2D eigenvalue weighted by molar-refractivity contribution is 5.49. The van der Waals surface area contributed by atoms with Crippen molar-refractivity contribution in [2.75, 3.05) is 11.9 Å². The summed E-state index contributed by atoms with van der Waals surface area (Å²) < 4.78 is 26.4. The zero-order valence-electron chi connectivity index (χ0n) is 8.12. The molecule has 0 radical (unpaired) electrons. The van der Waals surface area contributed by atoms with Crippen LogP contribution in [0.15, 0.2) is 12.1 Å².